The fraction of sp³-hybridized carbons (Fsp3) is 0.688. The summed E-state index contributed by atoms with van der Waals surface area (Å²) in [4.78, 5) is 4.34. The molecule has 0 aliphatic carbocycles. The zero-order chi connectivity index (χ0) is 15.7. The van der Waals surface area contributed by atoms with E-state index in [0.29, 0.717) is 30.9 Å². The molecule has 4 nitrogen and oxygen atoms in total. The third-order valence-electron chi connectivity index (χ3n) is 2.68. The van der Waals surface area contributed by atoms with Gasteiger partial charge in [0.1, 0.15) is 6.61 Å². The number of halogens is 1. The molecule has 0 atom stereocenters. The summed E-state index contributed by atoms with van der Waals surface area (Å²) in [7, 11) is 0. The molecule has 0 aliphatic rings. The summed E-state index contributed by atoms with van der Waals surface area (Å²) in [6.07, 6.45) is 1.76. The fourth-order valence-corrected chi connectivity index (χ4v) is 2.12. The van der Waals surface area contributed by atoms with E-state index in [0.717, 1.165) is 29.7 Å². The molecule has 1 aromatic rings. The van der Waals surface area contributed by atoms with Crippen LogP contribution in [0.4, 0.5) is 0 Å². The van der Waals surface area contributed by atoms with Gasteiger partial charge in [-0.1, -0.05) is 27.7 Å². The van der Waals surface area contributed by atoms with Gasteiger partial charge in [-0.15, -0.1) is 0 Å². The van der Waals surface area contributed by atoms with Gasteiger partial charge in [0.05, 0.1) is 6.61 Å². The number of nitrogens with zero attached hydrogens (tertiary/aromatic N) is 1. The number of hydrogen-bond acceptors (Lipinski definition) is 4. The monoisotopic (exact) mass is 358 g/mol. The molecule has 0 saturated heterocycles. The molecular formula is C16H27BrN2O2. The minimum Gasteiger partial charge on any atom is -0.475 e. The van der Waals surface area contributed by atoms with Crippen LogP contribution < -0.4 is 10.1 Å². The van der Waals surface area contributed by atoms with Gasteiger partial charge in [0.25, 0.3) is 0 Å². The number of hydrogen-bond donors (Lipinski definition) is 1. The van der Waals surface area contributed by atoms with Gasteiger partial charge in [0.2, 0.25) is 5.88 Å². The molecule has 1 heterocycles. The van der Waals surface area contributed by atoms with Crippen molar-refractivity contribution in [2.45, 2.75) is 34.2 Å². The van der Waals surface area contributed by atoms with Crippen LogP contribution in [0.5, 0.6) is 5.88 Å². The van der Waals surface area contributed by atoms with Crippen molar-refractivity contribution in [3.8, 4) is 5.88 Å². The van der Waals surface area contributed by atoms with Gasteiger partial charge in [-0.05, 0) is 40.4 Å². The van der Waals surface area contributed by atoms with Crippen LogP contribution in [-0.4, -0.2) is 31.3 Å². The topological polar surface area (TPSA) is 43.4 Å². The third kappa shape index (κ3) is 8.39. The van der Waals surface area contributed by atoms with Crippen molar-refractivity contribution in [3.05, 3.63) is 22.3 Å². The molecule has 0 aromatic carbocycles. The predicted molar refractivity (Wildman–Crippen MR) is 89.6 cm³/mol. The van der Waals surface area contributed by atoms with Crippen LogP contribution in [0.15, 0.2) is 16.7 Å². The lowest BCUT2D eigenvalue weighted by Gasteiger charge is -2.13. The maximum atomic E-state index is 5.73. The molecule has 0 radical (unpaired) electrons. The third-order valence-corrected chi connectivity index (χ3v) is 3.11. The maximum Gasteiger partial charge on any atom is 0.217 e. The number of rotatable bonds is 10. The molecule has 1 N–H and O–H groups in total. The SMILES string of the molecule is CC(C)CNCc1cc(Br)cnc1OCCOCC(C)C. The second kappa shape index (κ2) is 10.1. The Morgan fingerprint density at radius 2 is 1.95 bits per heavy atom. The van der Waals surface area contributed by atoms with Crippen LogP contribution in [0.2, 0.25) is 0 Å². The van der Waals surface area contributed by atoms with E-state index in [1.54, 1.807) is 6.20 Å². The zero-order valence-corrected chi connectivity index (χ0v) is 15.1. The number of nitrogens with one attached hydrogen (secondary N) is 1. The molecule has 120 valence electrons. The van der Waals surface area contributed by atoms with Gasteiger partial charge < -0.3 is 14.8 Å². The fourth-order valence-electron chi connectivity index (χ4n) is 1.74. The number of ether oxygens (including phenoxy) is 2. The summed E-state index contributed by atoms with van der Waals surface area (Å²) >= 11 is 3.46. The molecular weight excluding hydrogens is 332 g/mol. The Kier molecular flexibility index (Phi) is 8.88. The van der Waals surface area contributed by atoms with Crippen molar-refractivity contribution in [2.24, 2.45) is 11.8 Å². The quantitative estimate of drug-likeness (QED) is 0.648. The lowest BCUT2D eigenvalue weighted by molar-refractivity contribution is 0.0803. The summed E-state index contributed by atoms with van der Waals surface area (Å²) in [5.41, 5.74) is 1.06. The molecule has 5 heteroatoms. The number of aromatic nitrogens is 1. The van der Waals surface area contributed by atoms with Crippen molar-refractivity contribution in [1.82, 2.24) is 10.3 Å². The van der Waals surface area contributed by atoms with E-state index in [2.05, 4.69) is 53.9 Å². The molecule has 0 amide bonds. The smallest absolute Gasteiger partial charge is 0.217 e. The van der Waals surface area contributed by atoms with Gasteiger partial charge in [0.15, 0.2) is 0 Å². The molecule has 0 fully saturated rings. The lowest BCUT2D eigenvalue weighted by atomic mass is 10.2. The van der Waals surface area contributed by atoms with Crippen LogP contribution in [0.3, 0.4) is 0 Å². The first-order chi connectivity index (χ1) is 9.99. The molecule has 0 aliphatic heterocycles. The van der Waals surface area contributed by atoms with Gasteiger partial charge >= 0.3 is 0 Å². The normalized spacial score (nSPS) is 11.4. The van der Waals surface area contributed by atoms with Crippen molar-refractivity contribution >= 4 is 15.9 Å². The lowest BCUT2D eigenvalue weighted by Crippen LogP contribution is -2.20. The highest BCUT2D eigenvalue weighted by molar-refractivity contribution is 9.10. The standard InChI is InChI=1S/C16H27BrN2O2/c1-12(2)8-18-9-14-7-15(17)10-19-16(14)21-6-5-20-11-13(3)4/h7,10,12-13,18H,5-6,8-9,11H2,1-4H3. The van der Waals surface area contributed by atoms with E-state index >= 15 is 0 Å². The van der Waals surface area contributed by atoms with E-state index in [9.17, 15) is 0 Å². The van der Waals surface area contributed by atoms with Crippen LogP contribution >= 0.6 is 15.9 Å². The minimum absolute atomic E-state index is 0.526. The van der Waals surface area contributed by atoms with E-state index in [4.69, 9.17) is 9.47 Å². The molecule has 21 heavy (non-hydrogen) atoms. The highest BCUT2D eigenvalue weighted by Crippen LogP contribution is 2.20. The van der Waals surface area contributed by atoms with Gasteiger partial charge in [-0.3, -0.25) is 0 Å². The van der Waals surface area contributed by atoms with E-state index in [1.165, 1.54) is 0 Å². The highest BCUT2D eigenvalue weighted by atomic mass is 79.9. The largest absolute Gasteiger partial charge is 0.475 e. The van der Waals surface area contributed by atoms with Crippen molar-refractivity contribution < 1.29 is 9.47 Å². The van der Waals surface area contributed by atoms with E-state index in [1.807, 2.05) is 6.07 Å². The average Bonchev–Trinajstić information content (AvgIpc) is 2.39. The second-order valence-electron chi connectivity index (χ2n) is 5.96. The summed E-state index contributed by atoms with van der Waals surface area (Å²) < 4.78 is 12.2. The molecule has 0 bridgehead atoms. The average molecular weight is 359 g/mol. The molecule has 0 unspecified atom stereocenters. The summed E-state index contributed by atoms with van der Waals surface area (Å²) in [6.45, 7) is 12.3. The van der Waals surface area contributed by atoms with Crippen molar-refractivity contribution in [1.29, 1.82) is 0 Å². The Bertz CT molecular complexity index is 411. The van der Waals surface area contributed by atoms with Gasteiger partial charge in [-0.2, -0.15) is 0 Å². The Balaban J connectivity index is 2.44. The molecule has 0 spiro atoms. The van der Waals surface area contributed by atoms with Crippen LogP contribution in [0.1, 0.15) is 33.3 Å². The first kappa shape index (κ1) is 18.4. The molecule has 1 rings (SSSR count). The van der Waals surface area contributed by atoms with Crippen LogP contribution in [-0.2, 0) is 11.3 Å². The van der Waals surface area contributed by atoms with Crippen LogP contribution in [0.25, 0.3) is 0 Å². The Labute approximate surface area is 136 Å². The Hall–Kier alpha value is -0.650. The number of pyridine rings is 1. The summed E-state index contributed by atoms with van der Waals surface area (Å²) in [6, 6.07) is 2.05. The van der Waals surface area contributed by atoms with Gasteiger partial charge in [-0.25, -0.2) is 4.98 Å². The maximum absolute atomic E-state index is 5.73. The minimum atomic E-state index is 0.526. The van der Waals surface area contributed by atoms with Crippen molar-refractivity contribution in [3.63, 3.8) is 0 Å². The Morgan fingerprint density at radius 1 is 1.19 bits per heavy atom. The Morgan fingerprint density at radius 3 is 2.62 bits per heavy atom. The summed E-state index contributed by atoms with van der Waals surface area (Å²) in [5.74, 6) is 1.85. The van der Waals surface area contributed by atoms with E-state index < -0.39 is 0 Å². The first-order valence-corrected chi connectivity index (χ1v) is 8.34. The predicted octanol–water partition coefficient (Wildman–Crippen LogP) is 3.64. The highest BCUT2D eigenvalue weighted by Gasteiger charge is 2.07. The van der Waals surface area contributed by atoms with E-state index in [-0.39, 0.29) is 0 Å². The van der Waals surface area contributed by atoms with Gasteiger partial charge in [0, 0.05) is 29.4 Å². The van der Waals surface area contributed by atoms with Crippen LogP contribution in [0, 0.1) is 11.8 Å². The second-order valence-corrected chi connectivity index (χ2v) is 6.88. The molecule has 0 saturated carbocycles. The molecule has 1 aromatic heterocycles. The zero-order valence-electron chi connectivity index (χ0n) is 13.5. The van der Waals surface area contributed by atoms with Crippen molar-refractivity contribution in [2.75, 3.05) is 26.4 Å². The first-order valence-electron chi connectivity index (χ1n) is 7.54. The summed E-state index contributed by atoms with van der Waals surface area (Å²) in [5, 5.41) is 3.41.